The third-order valence-electron chi connectivity index (χ3n) is 4.13. The van der Waals surface area contributed by atoms with E-state index in [-0.39, 0.29) is 5.91 Å². The van der Waals surface area contributed by atoms with E-state index in [1.807, 2.05) is 53.4 Å². The van der Waals surface area contributed by atoms with Crippen LogP contribution in [-0.2, 0) is 0 Å². The molecule has 5 nitrogen and oxygen atoms in total. The van der Waals surface area contributed by atoms with Crippen LogP contribution in [0.25, 0.3) is 0 Å². The quantitative estimate of drug-likeness (QED) is 0.883. The van der Waals surface area contributed by atoms with Gasteiger partial charge in [-0.15, -0.1) is 0 Å². The molecule has 1 amide bonds. The Bertz CT molecular complexity index is 680. The highest BCUT2D eigenvalue weighted by molar-refractivity contribution is 5.94. The van der Waals surface area contributed by atoms with Gasteiger partial charge in [-0.05, 0) is 24.3 Å². The lowest BCUT2D eigenvalue weighted by Gasteiger charge is -2.36. The summed E-state index contributed by atoms with van der Waals surface area (Å²) in [6.07, 6.45) is 0. The summed E-state index contributed by atoms with van der Waals surface area (Å²) in [4.78, 5) is 16.6. The fraction of sp³-hybridized carbons (Fsp3) is 0.278. The minimum Gasteiger partial charge on any atom is -0.495 e. The molecule has 0 saturated carbocycles. The Labute approximate surface area is 136 Å². The first-order valence-corrected chi connectivity index (χ1v) is 7.72. The zero-order chi connectivity index (χ0) is 16.2. The Morgan fingerprint density at radius 2 is 1.74 bits per heavy atom. The van der Waals surface area contributed by atoms with Gasteiger partial charge >= 0.3 is 0 Å². The molecule has 23 heavy (non-hydrogen) atoms. The van der Waals surface area contributed by atoms with Crippen molar-refractivity contribution in [3.05, 3.63) is 54.1 Å². The minimum absolute atomic E-state index is 0.0921. The van der Waals surface area contributed by atoms with Gasteiger partial charge in [-0.1, -0.05) is 18.2 Å². The second-order valence-electron chi connectivity index (χ2n) is 5.58. The van der Waals surface area contributed by atoms with Crippen LogP contribution in [0.15, 0.2) is 48.5 Å². The Balaban J connectivity index is 1.68. The fourth-order valence-electron chi connectivity index (χ4n) is 2.87. The van der Waals surface area contributed by atoms with Crippen LogP contribution in [0.3, 0.4) is 0 Å². The average molecular weight is 311 g/mol. The maximum atomic E-state index is 12.5. The summed E-state index contributed by atoms with van der Waals surface area (Å²) in [6.45, 7) is 2.94. The third-order valence-corrected chi connectivity index (χ3v) is 4.13. The van der Waals surface area contributed by atoms with Crippen LogP contribution in [0.4, 0.5) is 11.4 Å². The first kappa shape index (κ1) is 15.2. The van der Waals surface area contributed by atoms with Crippen molar-refractivity contribution in [1.82, 2.24) is 4.90 Å². The molecule has 0 bridgehead atoms. The van der Waals surface area contributed by atoms with Gasteiger partial charge in [0.15, 0.2) is 0 Å². The molecule has 0 aromatic heterocycles. The van der Waals surface area contributed by atoms with Crippen molar-refractivity contribution in [2.24, 2.45) is 0 Å². The molecule has 0 radical (unpaired) electrons. The zero-order valence-corrected chi connectivity index (χ0v) is 13.2. The number of hydrogen-bond donors (Lipinski definition) is 1. The number of piperazine rings is 1. The molecular formula is C18H21N3O2. The zero-order valence-electron chi connectivity index (χ0n) is 13.2. The van der Waals surface area contributed by atoms with Crippen molar-refractivity contribution in [2.75, 3.05) is 43.9 Å². The van der Waals surface area contributed by atoms with E-state index in [1.165, 1.54) is 0 Å². The molecule has 1 fully saturated rings. The summed E-state index contributed by atoms with van der Waals surface area (Å²) < 4.78 is 5.42. The molecule has 1 heterocycles. The molecule has 2 aromatic carbocycles. The monoisotopic (exact) mass is 311 g/mol. The van der Waals surface area contributed by atoms with Gasteiger partial charge in [0.2, 0.25) is 0 Å². The van der Waals surface area contributed by atoms with E-state index >= 15 is 0 Å². The first-order chi connectivity index (χ1) is 11.2. The minimum atomic E-state index is 0.0921. The standard InChI is InChI=1S/C18H21N3O2/c1-23-17-13-15(19)7-8-16(17)20-9-11-21(12-10-20)18(22)14-5-3-2-4-6-14/h2-8,13H,9-12,19H2,1H3. The lowest BCUT2D eigenvalue weighted by atomic mass is 10.1. The van der Waals surface area contributed by atoms with Gasteiger partial charge in [-0.2, -0.15) is 0 Å². The SMILES string of the molecule is COc1cc(N)ccc1N1CCN(C(=O)c2ccccc2)CC1. The molecule has 1 aliphatic heterocycles. The van der Waals surface area contributed by atoms with E-state index in [9.17, 15) is 4.79 Å². The molecule has 120 valence electrons. The summed E-state index contributed by atoms with van der Waals surface area (Å²) >= 11 is 0. The van der Waals surface area contributed by atoms with E-state index < -0.39 is 0 Å². The number of hydrogen-bond acceptors (Lipinski definition) is 4. The number of nitrogens with two attached hydrogens (primary N) is 1. The Morgan fingerprint density at radius 3 is 2.39 bits per heavy atom. The number of carbonyl (C=O) groups is 1. The van der Waals surface area contributed by atoms with Crippen LogP contribution in [-0.4, -0.2) is 44.1 Å². The van der Waals surface area contributed by atoms with Crippen molar-refractivity contribution in [1.29, 1.82) is 0 Å². The van der Waals surface area contributed by atoms with Crippen LogP contribution < -0.4 is 15.4 Å². The number of anilines is 2. The number of nitrogens with zero attached hydrogens (tertiary/aromatic N) is 2. The van der Waals surface area contributed by atoms with E-state index in [4.69, 9.17) is 10.5 Å². The number of carbonyl (C=O) groups excluding carboxylic acids is 1. The Kier molecular flexibility index (Phi) is 4.37. The maximum absolute atomic E-state index is 12.5. The van der Waals surface area contributed by atoms with Crippen LogP contribution in [0, 0.1) is 0 Å². The number of amides is 1. The lowest BCUT2D eigenvalue weighted by Crippen LogP contribution is -2.48. The summed E-state index contributed by atoms with van der Waals surface area (Å²) in [6, 6.07) is 15.1. The number of ether oxygens (including phenoxy) is 1. The van der Waals surface area contributed by atoms with Gasteiger partial charge in [0.25, 0.3) is 5.91 Å². The van der Waals surface area contributed by atoms with Gasteiger partial charge in [-0.25, -0.2) is 0 Å². The highest BCUT2D eigenvalue weighted by atomic mass is 16.5. The molecule has 5 heteroatoms. The molecule has 2 N–H and O–H groups in total. The van der Waals surface area contributed by atoms with Gasteiger partial charge in [0, 0.05) is 43.5 Å². The van der Waals surface area contributed by atoms with E-state index in [1.54, 1.807) is 7.11 Å². The first-order valence-electron chi connectivity index (χ1n) is 7.72. The molecule has 3 rings (SSSR count). The summed E-state index contributed by atoms with van der Waals surface area (Å²) in [5, 5.41) is 0. The normalized spacial score (nSPS) is 14.7. The number of nitrogen functional groups attached to an aromatic ring is 1. The second kappa shape index (κ2) is 6.60. The predicted molar refractivity (Wildman–Crippen MR) is 92.0 cm³/mol. The third kappa shape index (κ3) is 3.23. The van der Waals surface area contributed by atoms with Crippen molar-refractivity contribution in [3.8, 4) is 5.75 Å². The van der Waals surface area contributed by atoms with Crippen LogP contribution in [0.1, 0.15) is 10.4 Å². The summed E-state index contributed by atoms with van der Waals surface area (Å²) in [5.74, 6) is 0.863. The molecule has 0 unspecified atom stereocenters. The van der Waals surface area contributed by atoms with Crippen LogP contribution in [0.5, 0.6) is 5.75 Å². The van der Waals surface area contributed by atoms with E-state index in [0.717, 1.165) is 30.1 Å². The highest BCUT2D eigenvalue weighted by Crippen LogP contribution is 2.31. The van der Waals surface area contributed by atoms with Crippen LogP contribution in [0.2, 0.25) is 0 Å². The topological polar surface area (TPSA) is 58.8 Å². The average Bonchev–Trinajstić information content (AvgIpc) is 2.62. The Morgan fingerprint density at radius 1 is 1.04 bits per heavy atom. The lowest BCUT2D eigenvalue weighted by molar-refractivity contribution is 0.0746. The molecular weight excluding hydrogens is 290 g/mol. The van der Waals surface area contributed by atoms with Crippen molar-refractivity contribution in [3.63, 3.8) is 0 Å². The van der Waals surface area contributed by atoms with Crippen molar-refractivity contribution in [2.45, 2.75) is 0 Å². The maximum Gasteiger partial charge on any atom is 0.253 e. The second-order valence-corrected chi connectivity index (χ2v) is 5.58. The summed E-state index contributed by atoms with van der Waals surface area (Å²) in [5.41, 5.74) is 8.25. The largest absolute Gasteiger partial charge is 0.495 e. The molecule has 0 atom stereocenters. The highest BCUT2D eigenvalue weighted by Gasteiger charge is 2.23. The molecule has 1 saturated heterocycles. The number of methoxy groups -OCH3 is 1. The van der Waals surface area contributed by atoms with Gasteiger partial charge in [0.1, 0.15) is 5.75 Å². The van der Waals surface area contributed by atoms with Gasteiger partial charge in [-0.3, -0.25) is 4.79 Å². The number of benzene rings is 2. The van der Waals surface area contributed by atoms with E-state index in [2.05, 4.69) is 4.90 Å². The number of rotatable bonds is 3. The predicted octanol–water partition coefficient (Wildman–Crippen LogP) is 2.24. The molecule has 2 aromatic rings. The van der Waals surface area contributed by atoms with Crippen LogP contribution >= 0.6 is 0 Å². The fourth-order valence-corrected chi connectivity index (χ4v) is 2.87. The van der Waals surface area contributed by atoms with E-state index in [0.29, 0.717) is 18.8 Å². The van der Waals surface area contributed by atoms with Gasteiger partial charge in [0.05, 0.1) is 12.8 Å². The molecule has 0 aliphatic carbocycles. The molecule has 1 aliphatic rings. The van der Waals surface area contributed by atoms with Gasteiger partial charge < -0.3 is 20.3 Å². The Hall–Kier alpha value is -2.69. The van der Waals surface area contributed by atoms with Crippen molar-refractivity contribution >= 4 is 17.3 Å². The molecule has 0 spiro atoms. The smallest absolute Gasteiger partial charge is 0.253 e. The van der Waals surface area contributed by atoms with Crippen molar-refractivity contribution < 1.29 is 9.53 Å². The summed E-state index contributed by atoms with van der Waals surface area (Å²) in [7, 11) is 1.65.